The summed E-state index contributed by atoms with van der Waals surface area (Å²) in [4.78, 5) is 46.1. The zero-order valence-corrected chi connectivity index (χ0v) is 40.5. The van der Waals surface area contributed by atoms with Gasteiger partial charge in [-0.1, -0.05) is 125 Å². The van der Waals surface area contributed by atoms with Gasteiger partial charge in [0.1, 0.15) is 17.2 Å². The van der Waals surface area contributed by atoms with Crippen LogP contribution in [0.1, 0.15) is 222 Å². The second-order valence-corrected chi connectivity index (χ2v) is 23.2. The minimum absolute atomic E-state index is 0.143. The van der Waals surface area contributed by atoms with Gasteiger partial charge in [0.15, 0.2) is 17.3 Å². The number of hydrogen-bond acceptors (Lipinski definition) is 6. The van der Waals surface area contributed by atoms with E-state index in [2.05, 4.69) is 0 Å². The van der Waals surface area contributed by atoms with Gasteiger partial charge >= 0.3 is 0 Å². The van der Waals surface area contributed by atoms with Crippen LogP contribution in [0.3, 0.4) is 0 Å². The predicted octanol–water partition coefficient (Wildman–Crippen LogP) is 13.2. The van der Waals surface area contributed by atoms with Crippen molar-refractivity contribution < 1.29 is 29.7 Å². The summed E-state index contributed by atoms with van der Waals surface area (Å²) in [5.74, 6) is -0.664. The van der Waals surface area contributed by atoms with Crippen LogP contribution >= 0.6 is 0 Å². The molecule has 3 N–H and O–H groups in total. The summed E-state index contributed by atoms with van der Waals surface area (Å²) < 4.78 is 0. The fourth-order valence-corrected chi connectivity index (χ4v) is 8.40. The van der Waals surface area contributed by atoms with Crippen LogP contribution in [0, 0.1) is 20.8 Å². The summed E-state index contributed by atoms with van der Waals surface area (Å²) in [5.41, 5.74) is 3.76. The van der Waals surface area contributed by atoms with E-state index in [1.54, 1.807) is 57.2 Å². The van der Waals surface area contributed by atoms with E-state index in [9.17, 15) is 15.3 Å². The molecule has 0 atom stereocenters. The Kier molecular flexibility index (Phi) is 12.3. The van der Waals surface area contributed by atoms with E-state index in [0.29, 0.717) is 66.8 Å². The number of ketones is 3. The maximum atomic E-state index is 15.4. The number of hydrogen-bond donors (Lipinski definition) is 3. The van der Waals surface area contributed by atoms with Crippen molar-refractivity contribution in [1.82, 2.24) is 0 Å². The Labute approximate surface area is 360 Å². The van der Waals surface area contributed by atoms with Gasteiger partial charge in [-0.3, -0.25) is 14.4 Å². The van der Waals surface area contributed by atoms with Crippen molar-refractivity contribution in [2.24, 2.45) is 0 Å². The highest BCUT2D eigenvalue weighted by atomic mass is 16.3. The fraction of sp³-hybridized carbons (Fsp3) is 0.500. The molecule has 0 aliphatic heterocycles. The van der Waals surface area contributed by atoms with E-state index in [1.165, 1.54) is 0 Å². The summed E-state index contributed by atoms with van der Waals surface area (Å²) in [6, 6.07) is 10.4. The van der Waals surface area contributed by atoms with Gasteiger partial charge in [-0.05, 0) is 106 Å². The maximum absolute atomic E-state index is 15.4. The average molecular weight is 817 g/mol. The van der Waals surface area contributed by atoms with E-state index >= 15 is 14.4 Å². The van der Waals surface area contributed by atoms with Gasteiger partial charge in [-0.25, -0.2) is 0 Å². The van der Waals surface area contributed by atoms with Gasteiger partial charge in [0.05, 0.1) is 0 Å². The molecule has 60 heavy (non-hydrogen) atoms. The average Bonchev–Trinajstić information content (AvgIpc) is 3.05. The molecule has 0 aromatic heterocycles. The zero-order valence-electron chi connectivity index (χ0n) is 40.5. The Bertz CT molecular complexity index is 2020. The van der Waals surface area contributed by atoms with Crippen LogP contribution in [0.4, 0.5) is 0 Å². The maximum Gasteiger partial charge on any atom is 0.193 e. The standard InChI is InChI=1S/C54H72O6/c1-28-40(43(55)31-22-34(49(4,5)6)46(58)35(23-31)50(7,8)9)29(2)42(45(57)33-26-38(53(16,17)18)48(60)39(27-33)54(19,20)21)30(3)41(28)44(56)32-24-36(51(10,11)12)47(59)37(25-32)52(13,14)15/h22-27,58-60H,1-21H3. The van der Waals surface area contributed by atoms with E-state index in [4.69, 9.17) is 0 Å². The van der Waals surface area contributed by atoms with Crippen molar-refractivity contribution in [2.75, 3.05) is 0 Å². The molecule has 4 aromatic carbocycles. The summed E-state index contributed by atoms with van der Waals surface area (Å²) in [6.07, 6.45) is 0. The van der Waals surface area contributed by atoms with Gasteiger partial charge < -0.3 is 15.3 Å². The van der Waals surface area contributed by atoms with Crippen LogP contribution in [-0.2, 0) is 32.5 Å². The quantitative estimate of drug-likeness (QED) is 0.167. The Balaban J connectivity index is 2.25. The topological polar surface area (TPSA) is 112 Å². The van der Waals surface area contributed by atoms with E-state index < -0.39 is 32.5 Å². The molecule has 0 spiro atoms. The van der Waals surface area contributed by atoms with Gasteiger partial charge in [0.25, 0.3) is 0 Å². The number of phenolic OH excluding ortho intramolecular Hbond substituents is 3. The molecule has 0 bridgehead atoms. The molecule has 324 valence electrons. The summed E-state index contributed by atoms with van der Waals surface area (Å²) in [6.45, 7) is 41.1. The normalized spacial score (nSPS) is 13.2. The Hall–Kier alpha value is -4.71. The minimum Gasteiger partial charge on any atom is -0.507 e. The zero-order chi connectivity index (χ0) is 46.4. The predicted molar refractivity (Wildman–Crippen MR) is 247 cm³/mol. The van der Waals surface area contributed by atoms with Gasteiger partial charge in [-0.15, -0.1) is 0 Å². The molecule has 0 amide bonds. The first-order valence-corrected chi connectivity index (χ1v) is 21.2. The molecule has 4 rings (SSSR count). The number of carbonyl (C=O) groups excluding carboxylic acids is 3. The molecule has 0 heterocycles. The Morgan fingerprint density at radius 3 is 0.567 bits per heavy atom. The van der Waals surface area contributed by atoms with Gasteiger partial charge in [0.2, 0.25) is 0 Å². The first kappa shape index (κ1) is 48.0. The lowest BCUT2D eigenvalue weighted by Crippen LogP contribution is -2.23. The highest BCUT2D eigenvalue weighted by Crippen LogP contribution is 2.45. The number of aromatic hydroxyl groups is 3. The lowest BCUT2D eigenvalue weighted by Gasteiger charge is -2.29. The fourth-order valence-electron chi connectivity index (χ4n) is 8.40. The molecule has 4 aromatic rings. The van der Waals surface area contributed by atoms with Crippen LogP contribution in [0.5, 0.6) is 17.2 Å². The van der Waals surface area contributed by atoms with Crippen molar-refractivity contribution in [3.8, 4) is 17.2 Å². The largest absolute Gasteiger partial charge is 0.507 e. The summed E-state index contributed by atoms with van der Waals surface area (Å²) in [7, 11) is 0. The third kappa shape index (κ3) is 8.99. The lowest BCUT2D eigenvalue weighted by atomic mass is 9.75. The van der Waals surface area contributed by atoms with Crippen LogP contribution in [0.15, 0.2) is 36.4 Å². The molecule has 0 saturated carbocycles. The monoisotopic (exact) mass is 817 g/mol. The van der Waals surface area contributed by atoms with Crippen LogP contribution in [0.25, 0.3) is 0 Å². The molecule has 6 nitrogen and oxygen atoms in total. The number of benzene rings is 4. The molecular weight excluding hydrogens is 745 g/mol. The van der Waals surface area contributed by atoms with Crippen molar-refractivity contribution in [3.63, 3.8) is 0 Å². The number of rotatable bonds is 6. The molecule has 0 aliphatic rings. The summed E-state index contributed by atoms with van der Waals surface area (Å²) in [5, 5.41) is 34.8. The number of phenols is 3. The van der Waals surface area contributed by atoms with Gasteiger partial charge in [0, 0.05) is 66.8 Å². The van der Waals surface area contributed by atoms with Crippen molar-refractivity contribution in [1.29, 1.82) is 0 Å². The SMILES string of the molecule is Cc1c(C(=O)c2cc(C(C)(C)C)c(O)c(C(C)(C)C)c2)c(C)c(C(=O)c2cc(C(C)(C)C)c(O)c(C(C)(C)C)c2)c(C)c1C(=O)c1cc(C(C)(C)C)c(O)c(C(C)(C)C)c1. The smallest absolute Gasteiger partial charge is 0.193 e. The molecule has 0 unspecified atom stereocenters. The Morgan fingerprint density at radius 1 is 0.317 bits per heavy atom. The van der Waals surface area contributed by atoms with Crippen molar-refractivity contribution in [2.45, 2.75) is 178 Å². The Morgan fingerprint density at radius 2 is 0.450 bits per heavy atom. The van der Waals surface area contributed by atoms with Crippen LogP contribution in [-0.4, -0.2) is 32.7 Å². The highest BCUT2D eigenvalue weighted by Gasteiger charge is 2.35. The molecule has 0 aliphatic carbocycles. The van der Waals surface area contributed by atoms with Crippen LogP contribution < -0.4 is 0 Å². The first-order valence-electron chi connectivity index (χ1n) is 21.2. The minimum atomic E-state index is -0.511. The third-order valence-electron chi connectivity index (χ3n) is 11.9. The van der Waals surface area contributed by atoms with Crippen molar-refractivity contribution >= 4 is 17.3 Å². The second kappa shape index (κ2) is 15.3. The number of carbonyl (C=O) groups is 3. The third-order valence-corrected chi connectivity index (χ3v) is 11.9. The molecule has 0 saturated heterocycles. The molecule has 0 fully saturated rings. The van der Waals surface area contributed by atoms with Crippen LogP contribution in [0.2, 0.25) is 0 Å². The second-order valence-electron chi connectivity index (χ2n) is 23.2. The van der Waals surface area contributed by atoms with E-state index in [-0.39, 0.29) is 51.3 Å². The molecule has 6 heteroatoms. The molecule has 0 radical (unpaired) electrons. The van der Waals surface area contributed by atoms with E-state index in [1.807, 2.05) is 125 Å². The summed E-state index contributed by atoms with van der Waals surface area (Å²) >= 11 is 0. The van der Waals surface area contributed by atoms with Gasteiger partial charge in [-0.2, -0.15) is 0 Å². The first-order chi connectivity index (χ1) is 26.8. The van der Waals surface area contributed by atoms with E-state index in [0.717, 1.165) is 0 Å². The highest BCUT2D eigenvalue weighted by molar-refractivity contribution is 6.21. The molecular formula is C54H72O6. The van der Waals surface area contributed by atoms with Crippen molar-refractivity contribution in [3.05, 3.63) is 120 Å². The lowest BCUT2D eigenvalue weighted by molar-refractivity contribution is 0.103.